The van der Waals surface area contributed by atoms with Crippen molar-refractivity contribution in [2.75, 3.05) is 11.9 Å². The van der Waals surface area contributed by atoms with Gasteiger partial charge in [-0.05, 0) is 30.7 Å². The maximum absolute atomic E-state index is 12.4. The molecule has 0 saturated heterocycles. The van der Waals surface area contributed by atoms with Crippen LogP contribution in [0.4, 0.5) is 5.69 Å². The Kier molecular flexibility index (Phi) is 7.05. The average Bonchev–Trinajstić information content (AvgIpc) is 2.54. The Morgan fingerprint density at radius 2 is 1.75 bits per heavy atom. The molecule has 2 rings (SSSR count). The summed E-state index contributed by atoms with van der Waals surface area (Å²) in [7, 11) is 0. The molecule has 0 radical (unpaired) electrons. The molecule has 3 nitrogen and oxygen atoms in total. The van der Waals surface area contributed by atoms with E-state index in [1.54, 1.807) is 18.2 Å². The zero-order valence-corrected chi connectivity index (χ0v) is 15.9. The van der Waals surface area contributed by atoms with E-state index in [0.717, 1.165) is 12.8 Å². The number of carbonyl (C=O) groups excluding carboxylic acids is 1. The number of rotatable bonds is 6. The minimum Gasteiger partial charge on any atom is -0.490 e. The average molecular weight is 407 g/mol. The summed E-state index contributed by atoms with van der Waals surface area (Å²) in [6.45, 7) is 2.57. The first-order valence-electron chi connectivity index (χ1n) is 7.31. The third-order valence-corrected chi connectivity index (χ3v) is 4.58. The van der Waals surface area contributed by atoms with Gasteiger partial charge >= 0.3 is 0 Å². The standard InChI is InChI=1S/C17H15Cl4NO2/c1-2-3-7-24-16-12(19)8-10(9-13(16)20)17(23)22-14-6-4-5-11(18)15(14)21/h4-6,8-9H,2-3,7H2,1H3,(H,22,23). The lowest BCUT2D eigenvalue weighted by molar-refractivity contribution is 0.102. The van der Waals surface area contributed by atoms with E-state index in [1.807, 2.05) is 0 Å². The van der Waals surface area contributed by atoms with Crippen LogP contribution in [0.5, 0.6) is 5.75 Å². The fourth-order valence-electron chi connectivity index (χ4n) is 1.94. The smallest absolute Gasteiger partial charge is 0.255 e. The van der Waals surface area contributed by atoms with Crippen LogP contribution in [-0.4, -0.2) is 12.5 Å². The van der Waals surface area contributed by atoms with Crippen LogP contribution in [0.1, 0.15) is 30.1 Å². The van der Waals surface area contributed by atoms with Crippen LogP contribution in [-0.2, 0) is 0 Å². The van der Waals surface area contributed by atoms with Crippen molar-refractivity contribution in [3.8, 4) is 5.75 Å². The first-order chi connectivity index (χ1) is 11.4. The van der Waals surface area contributed by atoms with E-state index in [0.29, 0.717) is 28.6 Å². The topological polar surface area (TPSA) is 38.3 Å². The molecule has 1 amide bonds. The van der Waals surface area contributed by atoms with Crippen molar-refractivity contribution in [1.29, 1.82) is 0 Å². The SMILES string of the molecule is CCCCOc1c(Cl)cc(C(=O)Nc2cccc(Cl)c2Cl)cc1Cl. The molecule has 0 bridgehead atoms. The highest BCUT2D eigenvalue weighted by molar-refractivity contribution is 6.44. The Morgan fingerprint density at radius 1 is 1.08 bits per heavy atom. The summed E-state index contributed by atoms with van der Waals surface area (Å²) >= 11 is 24.4. The van der Waals surface area contributed by atoms with Crippen LogP contribution in [0.2, 0.25) is 20.1 Å². The van der Waals surface area contributed by atoms with E-state index in [4.69, 9.17) is 51.1 Å². The van der Waals surface area contributed by atoms with Gasteiger partial charge in [0.15, 0.2) is 5.75 Å². The monoisotopic (exact) mass is 405 g/mol. The van der Waals surface area contributed by atoms with Gasteiger partial charge in [0.2, 0.25) is 0 Å². The minimum absolute atomic E-state index is 0.268. The number of halogens is 4. The van der Waals surface area contributed by atoms with Gasteiger partial charge in [0.25, 0.3) is 5.91 Å². The molecule has 0 spiro atoms. The predicted molar refractivity (Wildman–Crippen MR) is 101 cm³/mol. The van der Waals surface area contributed by atoms with Crippen LogP contribution in [0.25, 0.3) is 0 Å². The van der Waals surface area contributed by atoms with Crippen molar-refractivity contribution in [3.63, 3.8) is 0 Å². The van der Waals surface area contributed by atoms with Crippen molar-refractivity contribution < 1.29 is 9.53 Å². The van der Waals surface area contributed by atoms with Gasteiger partial charge in [0.05, 0.1) is 32.4 Å². The van der Waals surface area contributed by atoms with E-state index in [1.165, 1.54) is 12.1 Å². The molecule has 0 aromatic heterocycles. The first-order valence-corrected chi connectivity index (χ1v) is 8.82. The number of amides is 1. The summed E-state index contributed by atoms with van der Waals surface area (Å²) < 4.78 is 5.56. The fraction of sp³-hybridized carbons (Fsp3) is 0.235. The van der Waals surface area contributed by atoms with Gasteiger partial charge in [-0.2, -0.15) is 0 Å². The molecule has 0 aliphatic heterocycles. The van der Waals surface area contributed by atoms with Gasteiger partial charge < -0.3 is 10.1 Å². The number of hydrogen-bond acceptors (Lipinski definition) is 2. The lowest BCUT2D eigenvalue weighted by Crippen LogP contribution is -2.12. The molecular formula is C17H15Cl4NO2. The van der Waals surface area contributed by atoms with Crippen molar-refractivity contribution in [2.24, 2.45) is 0 Å². The highest BCUT2D eigenvalue weighted by Crippen LogP contribution is 2.35. The van der Waals surface area contributed by atoms with Crippen LogP contribution in [0, 0.1) is 0 Å². The van der Waals surface area contributed by atoms with E-state index >= 15 is 0 Å². The van der Waals surface area contributed by atoms with Gasteiger partial charge in [0, 0.05) is 5.56 Å². The van der Waals surface area contributed by atoms with Crippen molar-refractivity contribution >= 4 is 58.0 Å². The summed E-state index contributed by atoms with van der Waals surface area (Å²) in [5.74, 6) is -0.0211. The molecule has 0 heterocycles. The highest BCUT2D eigenvalue weighted by Gasteiger charge is 2.15. The van der Waals surface area contributed by atoms with Gasteiger partial charge in [-0.25, -0.2) is 0 Å². The molecule has 0 saturated carbocycles. The minimum atomic E-state index is -0.400. The molecule has 1 N–H and O–H groups in total. The second-order valence-electron chi connectivity index (χ2n) is 5.03. The Morgan fingerprint density at radius 3 is 2.38 bits per heavy atom. The molecule has 0 unspecified atom stereocenters. The number of benzene rings is 2. The maximum Gasteiger partial charge on any atom is 0.255 e. The number of hydrogen-bond donors (Lipinski definition) is 1. The van der Waals surface area contributed by atoms with Crippen LogP contribution in [0.15, 0.2) is 30.3 Å². The van der Waals surface area contributed by atoms with Crippen LogP contribution >= 0.6 is 46.4 Å². The molecule has 0 aliphatic rings. The van der Waals surface area contributed by atoms with Crippen molar-refractivity contribution in [3.05, 3.63) is 56.0 Å². The molecule has 0 aliphatic carbocycles. The molecule has 2 aromatic carbocycles. The van der Waals surface area contributed by atoms with Crippen LogP contribution < -0.4 is 10.1 Å². The zero-order valence-electron chi connectivity index (χ0n) is 12.8. The summed E-state index contributed by atoms with van der Waals surface area (Å²) in [6, 6.07) is 7.98. The summed E-state index contributed by atoms with van der Waals surface area (Å²) in [5, 5.41) is 3.86. The van der Waals surface area contributed by atoms with E-state index in [2.05, 4.69) is 12.2 Å². The number of nitrogens with one attached hydrogen (secondary N) is 1. The second kappa shape index (κ2) is 8.82. The number of ether oxygens (including phenoxy) is 1. The van der Waals surface area contributed by atoms with E-state index < -0.39 is 5.91 Å². The third-order valence-electron chi connectivity index (χ3n) is 3.20. The largest absolute Gasteiger partial charge is 0.490 e. The molecule has 0 atom stereocenters. The molecular weight excluding hydrogens is 392 g/mol. The maximum atomic E-state index is 12.4. The van der Waals surface area contributed by atoms with E-state index in [9.17, 15) is 4.79 Å². The summed E-state index contributed by atoms with van der Waals surface area (Å²) in [6.07, 6.45) is 1.89. The van der Waals surface area contributed by atoms with E-state index in [-0.39, 0.29) is 15.1 Å². The molecule has 24 heavy (non-hydrogen) atoms. The molecule has 2 aromatic rings. The normalized spacial score (nSPS) is 10.5. The zero-order chi connectivity index (χ0) is 17.7. The second-order valence-corrected chi connectivity index (χ2v) is 6.63. The fourth-order valence-corrected chi connectivity index (χ4v) is 2.89. The van der Waals surface area contributed by atoms with Gasteiger partial charge in [-0.15, -0.1) is 0 Å². The predicted octanol–water partition coefficient (Wildman–Crippen LogP) is 6.73. The summed E-state index contributed by atoms with van der Waals surface area (Å²) in [5.41, 5.74) is 0.702. The van der Waals surface area contributed by atoms with Crippen LogP contribution in [0.3, 0.4) is 0 Å². The Balaban J connectivity index is 2.19. The van der Waals surface area contributed by atoms with Crippen molar-refractivity contribution in [2.45, 2.75) is 19.8 Å². The highest BCUT2D eigenvalue weighted by atomic mass is 35.5. The molecule has 0 fully saturated rings. The first kappa shape index (κ1) is 19.2. The third kappa shape index (κ3) is 4.70. The molecule has 7 heteroatoms. The quantitative estimate of drug-likeness (QED) is 0.540. The number of unbranched alkanes of at least 4 members (excludes halogenated alkanes) is 1. The van der Waals surface area contributed by atoms with Gasteiger partial charge in [-0.3, -0.25) is 4.79 Å². The Hall–Kier alpha value is -1.13. The Labute approximate surface area is 160 Å². The lowest BCUT2D eigenvalue weighted by atomic mass is 10.2. The van der Waals surface area contributed by atoms with Gasteiger partial charge in [-0.1, -0.05) is 65.8 Å². The number of anilines is 1. The van der Waals surface area contributed by atoms with Crippen molar-refractivity contribution in [1.82, 2.24) is 0 Å². The summed E-state index contributed by atoms with van der Waals surface area (Å²) in [4.78, 5) is 12.4. The molecule has 128 valence electrons. The van der Waals surface area contributed by atoms with Gasteiger partial charge in [0.1, 0.15) is 0 Å². The lowest BCUT2D eigenvalue weighted by Gasteiger charge is -2.12. The Bertz CT molecular complexity index is 726. The number of carbonyl (C=O) groups is 1.